The van der Waals surface area contributed by atoms with Crippen molar-refractivity contribution in [1.29, 1.82) is 0 Å². The van der Waals surface area contributed by atoms with E-state index >= 15 is 0 Å². The molecule has 0 aliphatic carbocycles. The highest BCUT2D eigenvalue weighted by Crippen LogP contribution is 2.37. The molecule has 1 aliphatic heterocycles. The first kappa shape index (κ1) is 20.2. The number of para-hydroxylation sites is 1. The third-order valence-corrected chi connectivity index (χ3v) is 5.98. The quantitative estimate of drug-likeness (QED) is 0.405. The number of carbonyl (C=O) groups is 1. The van der Waals surface area contributed by atoms with E-state index in [1.54, 1.807) is 25.3 Å². The zero-order chi connectivity index (χ0) is 22.1. The Hall–Kier alpha value is -3.70. The second-order valence-corrected chi connectivity index (χ2v) is 8.08. The third-order valence-electron chi connectivity index (χ3n) is 5.74. The number of rotatable bonds is 3. The number of benzene rings is 3. The van der Waals surface area contributed by atoms with Crippen LogP contribution in [-0.4, -0.2) is 22.6 Å². The van der Waals surface area contributed by atoms with Crippen LogP contribution in [0, 0.1) is 0 Å². The zero-order valence-corrected chi connectivity index (χ0v) is 18.3. The standard InChI is InChI=1S/C26H22ClN3O2/c1-32-24-14-13-20(27)16-21(24)28-26(31)30-17-19-10-5-6-11-22(19)29-15-7-12-23(29)25(30)18-8-3-2-4-9-18/h2-16,25H,17H2,1H3,(H,28,31)/t25-/m1/s1. The van der Waals surface area contributed by atoms with Crippen LogP contribution in [0.2, 0.25) is 5.02 Å². The minimum absolute atomic E-state index is 0.233. The number of halogens is 1. The Labute approximate surface area is 191 Å². The SMILES string of the molecule is COc1ccc(Cl)cc1NC(=O)N1Cc2ccccc2-n2cccc2[C@H]1c1ccccc1. The number of ether oxygens (including phenoxy) is 1. The maximum Gasteiger partial charge on any atom is 0.323 e. The van der Waals surface area contributed by atoms with Crippen LogP contribution in [0.3, 0.4) is 0 Å². The molecule has 0 spiro atoms. The van der Waals surface area contributed by atoms with E-state index in [9.17, 15) is 4.79 Å². The predicted molar refractivity (Wildman–Crippen MR) is 127 cm³/mol. The van der Waals surface area contributed by atoms with Crippen molar-refractivity contribution in [2.75, 3.05) is 12.4 Å². The average Bonchev–Trinajstić information content (AvgIpc) is 3.24. The molecule has 2 heterocycles. The molecule has 1 aromatic heterocycles. The van der Waals surface area contributed by atoms with Gasteiger partial charge in [0, 0.05) is 16.9 Å². The maximum absolute atomic E-state index is 13.7. The van der Waals surface area contributed by atoms with Crippen LogP contribution in [0.15, 0.2) is 91.1 Å². The highest BCUT2D eigenvalue weighted by atomic mass is 35.5. The van der Waals surface area contributed by atoms with Crippen molar-refractivity contribution < 1.29 is 9.53 Å². The number of urea groups is 1. The first-order valence-electron chi connectivity index (χ1n) is 10.4. The van der Waals surface area contributed by atoms with E-state index in [1.807, 2.05) is 47.5 Å². The van der Waals surface area contributed by atoms with E-state index < -0.39 is 0 Å². The number of amides is 2. The van der Waals surface area contributed by atoms with Crippen LogP contribution >= 0.6 is 11.6 Å². The molecule has 1 aliphatic rings. The largest absolute Gasteiger partial charge is 0.495 e. The molecular weight excluding hydrogens is 422 g/mol. The minimum Gasteiger partial charge on any atom is -0.495 e. The van der Waals surface area contributed by atoms with E-state index in [0.717, 1.165) is 22.5 Å². The van der Waals surface area contributed by atoms with Gasteiger partial charge in [-0.1, -0.05) is 60.1 Å². The third kappa shape index (κ3) is 3.61. The van der Waals surface area contributed by atoms with Crippen molar-refractivity contribution in [1.82, 2.24) is 9.47 Å². The van der Waals surface area contributed by atoms with E-state index in [-0.39, 0.29) is 12.1 Å². The van der Waals surface area contributed by atoms with Crippen LogP contribution in [0.1, 0.15) is 22.9 Å². The molecule has 4 aromatic rings. The lowest BCUT2D eigenvalue weighted by Crippen LogP contribution is -2.38. The van der Waals surface area contributed by atoms with Gasteiger partial charge in [-0.3, -0.25) is 0 Å². The van der Waals surface area contributed by atoms with Gasteiger partial charge in [-0.15, -0.1) is 0 Å². The normalized spacial score (nSPS) is 14.8. The summed E-state index contributed by atoms with van der Waals surface area (Å²) in [6.45, 7) is 0.451. The Bertz CT molecular complexity index is 1270. The monoisotopic (exact) mass is 443 g/mol. The summed E-state index contributed by atoms with van der Waals surface area (Å²) in [5.74, 6) is 0.553. The van der Waals surface area contributed by atoms with Gasteiger partial charge in [0.15, 0.2) is 0 Å². The van der Waals surface area contributed by atoms with Crippen molar-refractivity contribution in [2.24, 2.45) is 0 Å². The fourth-order valence-corrected chi connectivity index (χ4v) is 4.46. The number of nitrogens with one attached hydrogen (secondary N) is 1. The molecule has 0 saturated heterocycles. The summed E-state index contributed by atoms with van der Waals surface area (Å²) in [7, 11) is 1.57. The molecule has 0 bridgehead atoms. The first-order valence-corrected chi connectivity index (χ1v) is 10.7. The van der Waals surface area contributed by atoms with Crippen molar-refractivity contribution in [3.8, 4) is 11.4 Å². The van der Waals surface area contributed by atoms with Crippen LogP contribution in [0.25, 0.3) is 5.69 Å². The molecule has 0 unspecified atom stereocenters. The lowest BCUT2D eigenvalue weighted by atomic mass is 10.0. The van der Waals surface area contributed by atoms with E-state index in [4.69, 9.17) is 16.3 Å². The summed E-state index contributed by atoms with van der Waals surface area (Å²) >= 11 is 6.19. The number of anilines is 1. The van der Waals surface area contributed by atoms with Gasteiger partial charge in [0.05, 0.1) is 31.1 Å². The van der Waals surface area contributed by atoms with Crippen LogP contribution in [0.5, 0.6) is 5.75 Å². The summed E-state index contributed by atoms with van der Waals surface area (Å²) in [4.78, 5) is 15.6. The van der Waals surface area contributed by atoms with Crippen molar-refractivity contribution in [3.05, 3.63) is 113 Å². The van der Waals surface area contributed by atoms with Crippen LogP contribution < -0.4 is 10.1 Å². The van der Waals surface area contributed by atoms with E-state index in [2.05, 4.69) is 40.2 Å². The van der Waals surface area contributed by atoms with E-state index in [0.29, 0.717) is 23.0 Å². The number of aromatic nitrogens is 1. The lowest BCUT2D eigenvalue weighted by molar-refractivity contribution is 0.194. The van der Waals surface area contributed by atoms with Gasteiger partial charge < -0.3 is 19.5 Å². The van der Waals surface area contributed by atoms with Crippen molar-refractivity contribution >= 4 is 23.3 Å². The fraction of sp³-hybridized carbons (Fsp3) is 0.115. The highest BCUT2D eigenvalue weighted by molar-refractivity contribution is 6.31. The molecule has 1 N–H and O–H groups in total. The van der Waals surface area contributed by atoms with Crippen molar-refractivity contribution in [2.45, 2.75) is 12.6 Å². The van der Waals surface area contributed by atoms with Crippen molar-refractivity contribution in [3.63, 3.8) is 0 Å². The number of nitrogens with zero attached hydrogens (tertiary/aromatic N) is 2. The number of hydrogen-bond acceptors (Lipinski definition) is 2. The second-order valence-electron chi connectivity index (χ2n) is 7.65. The molecule has 0 fully saturated rings. The summed E-state index contributed by atoms with van der Waals surface area (Å²) in [6.07, 6.45) is 2.05. The number of carbonyl (C=O) groups excluding carboxylic acids is 1. The summed E-state index contributed by atoms with van der Waals surface area (Å²) in [6, 6.07) is 27.0. The second kappa shape index (κ2) is 8.44. The van der Waals surface area contributed by atoms with Gasteiger partial charge in [0.25, 0.3) is 0 Å². The molecule has 2 amide bonds. The zero-order valence-electron chi connectivity index (χ0n) is 17.5. The summed E-state index contributed by atoms with van der Waals surface area (Å²) < 4.78 is 7.60. The highest BCUT2D eigenvalue weighted by Gasteiger charge is 2.33. The Morgan fingerprint density at radius 2 is 1.78 bits per heavy atom. The van der Waals surface area contributed by atoms with Gasteiger partial charge in [-0.25, -0.2) is 4.79 Å². The fourth-order valence-electron chi connectivity index (χ4n) is 4.29. The molecular formula is C26H22ClN3O2. The number of hydrogen-bond donors (Lipinski definition) is 1. The average molecular weight is 444 g/mol. The number of methoxy groups -OCH3 is 1. The van der Waals surface area contributed by atoms with Gasteiger partial charge >= 0.3 is 6.03 Å². The van der Waals surface area contributed by atoms with Crippen LogP contribution in [-0.2, 0) is 6.54 Å². The Morgan fingerprint density at radius 3 is 2.59 bits per heavy atom. The van der Waals surface area contributed by atoms with Crippen LogP contribution in [0.4, 0.5) is 10.5 Å². The van der Waals surface area contributed by atoms with Gasteiger partial charge in [0.1, 0.15) is 5.75 Å². The first-order chi connectivity index (χ1) is 15.7. The molecule has 160 valence electrons. The minimum atomic E-state index is -0.274. The van der Waals surface area contributed by atoms with E-state index in [1.165, 1.54) is 0 Å². The topological polar surface area (TPSA) is 46.5 Å². The van der Waals surface area contributed by atoms with Gasteiger partial charge in [-0.05, 0) is 47.5 Å². The predicted octanol–water partition coefficient (Wildman–Crippen LogP) is 6.28. The Balaban J connectivity index is 1.62. The lowest BCUT2D eigenvalue weighted by Gasteiger charge is -2.31. The van der Waals surface area contributed by atoms with Gasteiger partial charge in [0.2, 0.25) is 0 Å². The molecule has 1 atom stereocenters. The molecule has 5 rings (SSSR count). The molecule has 0 radical (unpaired) electrons. The molecule has 32 heavy (non-hydrogen) atoms. The molecule has 6 heteroatoms. The Morgan fingerprint density at radius 1 is 1.00 bits per heavy atom. The molecule has 0 saturated carbocycles. The number of fused-ring (bicyclic) bond motifs is 3. The summed E-state index contributed by atoms with van der Waals surface area (Å²) in [5.41, 5.74) is 4.73. The van der Waals surface area contributed by atoms with Gasteiger partial charge in [-0.2, -0.15) is 0 Å². The molecule has 5 nitrogen and oxygen atoms in total. The summed E-state index contributed by atoms with van der Waals surface area (Å²) in [5, 5.41) is 3.55. The smallest absolute Gasteiger partial charge is 0.323 e. The Kier molecular flexibility index (Phi) is 5.33. The maximum atomic E-state index is 13.7. The molecule has 3 aromatic carbocycles.